The largest absolute Gasteiger partial charge is 0.381 e. The maximum atomic E-state index is 5.79. The topological polar surface area (TPSA) is 63.8 Å². The molecule has 2 aromatic rings. The number of fused-ring (bicyclic) bond motifs is 1. The molecule has 90 valence electrons. The van der Waals surface area contributed by atoms with E-state index in [-0.39, 0.29) is 6.04 Å². The van der Waals surface area contributed by atoms with Crippen LogP contribution in [-0.4, -0.2) is 22.3 Å². The van der Waals surface area contributed by atoms with Crippen LogP contribution in [0.15, 0.2) is 30.5 Å². The highest BCUT2D eigenvalue weighted by Gasteiger charge is 2.07. The Labute approximate surface area is 101 Å². The Morgan fingerprint density at radius 1 is 1.29 bits per heavy atom. The van der Waals surface area contributed by atoms with E-state index >= 15 is 0 Å². The number of aromatic nitrogens is 2. The molecule has 0 saturated carbocycles. The van der Waals surface area contributed by atoms with E-state index in [1.165, 1.54) is 0 Å². The second kappa shape index (κ2) is 5.10. The predicted octanol–water partition coefficient (Wildman–Crippen LogP) is 2.17. The number of hydrogen-bond donors (Lipinski definition) is 2. The van der Waals surface area contributed by atoms with Crippen LogP contribution in [-0.2, 0) is 0 Å². The first-order valence-electron chi connectivity index (χ1n) is 5.89. The standard InChI is InChI=1S/C13H18N4/c1-9(14)7-10(2)16-13-8-15-17-12-6-4-3-5-11(12)13/h3-6,8-10H,7,14H2,1-2H3,(H,16,17). The van der Waals surface area contributed by atoms with E-state index in [2.05, 4.69) is 22.4 Å². The van der Waals surface area contributed by atoms with Gasteiger partial charge in [-0.05, 0) is 26.3 Å². The van der Waals surface area contributed by atoms with Crippen molar-refractivity contribution in [1.29, 1.82) is 0 Å². The Hall–Kier alpha value is -1.68. The summed E-state index contributed by atoms with van der Waals surface area (Å²) in [6, 6.07) is 8.49. The number of nitrogens with one attached hydrogen (secondary N) is 1. The lowest BCUT2D eigenvalue weighted by Crippen LogP contribution is -2.26. The minimum absolute atomic E-state index is 0.193. The zero-order valence-electron chi connectivity index (χ0n) is 10.2. The molecule has 0 amide bonds. The summed E-state index contributed by atoms with van der Waals surface area (Å²) in [7, 11) is 0. The van der Waals surface area contributed by atoms with Crippen molar-refractivity contribution in [1.82, 2.24) is 10.2 Å². The molecule has 4 heteroatoms. The van der Waals surface area contributed by atoms with E-state index < -0.39 is 0 Å². The molecule has 4 nitrogen and oxygen atoms in total. The summed E-state index contributed by atoms with van der Waals surface area (Å²) in [6.45, 7) is 4.14. The van der Waals surface area contributed by atoms with Crippen LogP contribution >= 0.6 is 0 Å². The van der Waals surface area contributed by atoms with Crippen molar-refractivity contribution in [2.45, 2.75) is 32.4 Å². The summed E-state index contributed by atoms with van der Waals surface area (Å²) in [6.07, 6.45) is 2.69. The van der Waals surface area contributed by atoms with Gasteiger partial charge in [0.25, 0.3) is 0 Å². The summed E-state index contributed by atoms with van der Waals surface area (Å²) in [5.41, 5.74) is 7.72. The van der Waals surface area contributed by atoms with Gasteiger partial charge in [-0.15, -0.1) is 0 Å². The van der Waals surface area contributed by atoms with Gasteiger partial charge in [0.2, 0.25) is 0 Å². The minimum Gasteiger partial charge on any atom is -0.381 e. The molecule has 0 saturated heterocycles. The number of hydrogen-bond acceptors (Lipinski definition) is 4. The molecule has 0 aliphatic carbocycles. The quantitative estimate of drug-likeness (QED) is 0.845. The van der Waals surface area contributed by atoms with E-state index in [0.29, 0.717) is 6.04 Å². The second-order valence-electron chi connectivity index (χ2n) is 4.53. The lowest BCUT2D eigenvalue weighted by atomic mass is 10.1. The summed E-state index contributed by atoms with van der Waals surface area (Å²) >= 11 is 0. The van der Waals surface area contributed by atoms with Crippen molar-refractivity contribution in [3.63, 3.8) is 0 Å². The van der Waals surface area contributed by atoms with Gasteiger partial charge in [-0.25, -0.2) is 0 Å². The number of rotatable bonds is 4. The van der Waals surface area contributed by atoms with Gasteiger partial charge in [-0.1, -0.05) is 18.2 Å². The smallest absolute Gasteiger partial charge is 0.0950 e. The van der Waals surface area contributed by atoms with Crippen molar-refractivity contribution in [2.24, 2.45) is 5.73 Å². The molecular formula is C13H18N4. The van der Waals surface area contributed by atoms with Crippen LogP contribution in [0.3, 0.4) is 0 Å². The van der Waals surface area contributed by atoms with E-state index in [0.717, 1.165) is 23.0 Å². The lowest BCUT2D eigenvalue weighted by molar-refractivity contribution is 0.605. The van der Waals surface area contributed by atoms with E-state index in [1.807, 2.05) is 31.2 Å². The van der Waals surface area contributed by atoms with Gasteiger partial charge in [-0.2, -0.15) is 10.2 Å². The molecule has 17 heavy (non-hydrogen) atoms. The normalized spacial score (nSPS) is 14.5. The predicted molar refractivity (Wildman–Crippen MR) is 70.9 cm³/mol. The van der Waals surface area contributed by atoms with E-state index in [4.69, 9.17) is 5.73 Å². The molecule has 0 bridgehead atoms. The van der Waals surface area contributed by atoms with Gasteiger partial charge in [0, 0.05) is 17.5 Å². The molecule has 0 spiro atoms. The Morgan fingerprint density at radius 3 is 2.82 bits per heavy atom. The molecule has 2 unspecified atom stereocenters. The second-order valence-corrected chi connectivity index (χ2v) is 4.53. The zero-order chi connectivity index (χ0) is 12.3. The first kappa shape index (κ1) is 11.8. The zero-order valence-corrected chi connectivity index (χ0v) is 10.2. The third kappa shape index (κ3) is 2.91. The Kier molecular flexibility index (Phi) is 3.54. The molecule has 2 atom stereocenters. The van der Waals surface area contributed by atoms with Gasteiger partial charge in [0.05, 0.1) is 17.4 Å². The van der Waals surface area contributed by atoms with Crippen LogP contribution in [0.25, 0.3) is 10.9 Å². The third-order valence-corrected chi connectivity index (χ3v) is 2.67. The first-order chi connectivity index (χ1) is 8.16. The minimum atomic E-state index is 0.193. The van der Waals surface area contributed by atoms with Gasteiger partial charge in [0.1, 0.15) is 0 Å². The molecule has 3 N–H and O–H groups in total. The molecule has 0 aliphatic heterocycles. The fraction of sp³-hybridized carbons (Fsp3) is 0.385. The maximum Gasteiger partial charge on any atom is 0.0950 e. The highest BCUT2D eigenvalue weighted by Crippen LogP contribution is 2.20. The van der Waals surface area contributed by atoms with Gasteiger partial charge >= 0.3 is 0 Å². The molecule has 1 aromatic heterocycles. The molecule has 1 aromatic carbocycles. The molecule has 1 heterocycles. The third-order valence-electron chi connectivity index (χ3n) is 2.67. The fourth-order valence-corrected chi connectivity index (χ4v) is 2.00. The van der Waals surface area contributed by atoms with E-state index in [9.17, 15) is 0 Å². The average molecular weight is 230 g/mol. The molecular weight excluding hydrogens is 212 g/mol. The molecule has 0 fully saturated rings. The molecule has 0 aliphatic rings. The van der Waals surface area contributed by atoms with Crippen molar-refractivity contribution < 1.29 is 0 Å². The van der Waals surface area contributed by atoms with Crippen molar-refractivity contribution >= 4 is 16.6 Å². The number of benzene rings is 1. The lowest BCUT2D eigenvalue weighted by Gasteiger charge is -2.17. The first-order valence-corrected chi connectivity index (χ1v) is 5.89. The number of nitrogens with zero attached hydrogens (tertiary/aromatic N) is 2. The van der Waals surface area contributed by atoms with Crippen molar-refractivity contribution in [3.8, 4) is 0 Å². The van der Waals surface area contributed by atoms with Crippen LogP contribution in [0.1, 0.15) is 20.3 Å². The van der Waals surface area contributed by atoms with Crippen molar-refractivity contribution in [2.75, 3.05) is 5.32 Å². The summed E-state index contributed by atoms with van der Waals surface area (Å²) in [5.74, 6) is 0. The highest BCUT2D eigenvalue weighted by atomic mass is 15.1. The maximum absolute atomic E-state index is 5.79. The highest BCUT2D eigenvalue weighted by molar-refractivity contribution is 5.90. The van der Waals surface area contributed by atoms with E-state index in [1.54, 1.807) is 6.20 Å². The Balaban J connectivity index is 2.24. The summed E-state index contributed by atoms with van der Waals surface area (Å²) in [4.78, 5) is 0. The SMILES string of the molecule is CC(N)CC(C)Nc1cnnc2ccccc12. The molecule has 2 rings (SSSR count). The van der Waals surface area contributed by atoms with Crippen molar-refractivity contribution in [3.05, 3.63) is 30.5 Å². The van der Waals surface area contributed by atoms with Crippen LogP contribution in [0.2, 0.25) is 0 Å². The Morgan fingerprint density at radius 2 is 2.06 bits per heavy atom. The average Bonchev–Trinajstić information content (AvgIpc) is 2.28. The van der Waals surface area contributed by atoms with Crippen LogP contribution in [0, 0.1) is 0 Å². The number of nitrogens with two attached hydrogens (primary N) is 1. The van der Waals surface area contributed by atoms with Gasteiger partial charge < -0.3 is 11.1 Å². The van der Waals surface area contributed by atoms with Crippen LogP contribution in [0.4, 0.5) is 5.69 Å². The fourth-order valence-electron chi connectivity index (χ4n) is 2.00. The van der Waals surface area contributed by atoms with Crippen LogP contribution in [0.5, 0.6) is 0 Å². The van der Waals surface area contributed by atoms with Gasteiger partial charge in [-0.3, -0.25) is 0 Å². The number of anilines is 1. The van der Waals surface area contributed by atoms with Gasteiger partial charge in [0.15, 0.2) is 0 Å². The molecule has 0 radical (unpaired) electrons. The van der Waals surface area contributed by atoms with Crippen LogP contribution < -0.4 is 11.1 Å². The monoisotopic (exact) mass is 230 g/mol. The summed E-state index contributed by atoms with van der Waals surface area (Å²) < 4.78 is 0. The Bertz CT molecular complexity index is 490. The summed E-state index contributed by atoms with van der Waals surface area (Å²) in [5, 5.41) is 12.6.